The summed E-state index contributed by atoms with van der Waals surface area (Å²) in [5.74, 6) is -0.0517. The van der Waals surface area contributed by atoms with E-state index < -0.39 is 34.5 Å². The summed E-state index contributed by atoms with van der Waals surface area (Å²) in [7, 11) is -4.35. The minimum Gasteiger partial charge on any atom is -0.491 e. The Morgan fingerprint density at radius 2 is 1.65 bits per heavy atom. The summed E-state index contributed by atoms with van der Waals surface area (Å²) in [5.41, 5.74) is -0.754. The number of ether oxygens (including phenoxy) is 2. The number of hydrogen-bond donors (Lipinski definition) is 0. The molecule has 10 heteroatoms. The summed E-state index contributed by atoms with van der Waals surface area (Å²) in [6, 6.07) is 4.91. The molecule has 40 heavy (non-hydrogen) atoms. The van der Waals surface area contributed by atoms with Gasteiger partial charge < -0.3 is 18.3 Å². The van der Waals surface area contributed by atoms with Crippen LogP contribution in [0.25, 0.3) is 0 Å². The number of carbonyl (C=O) groups is 1. The Bertz CT molecular complexity index is 1070. The van der Waals surface area contributed by atoms with E-state index in [4.69, 9.17) is 18.3 Å². The van der Waals surface area contributed by atoms with Crippen molar-refractivity contribution in [1.82, 2.24) is 0 Å². The largest absolute Gasteiger partial charge is 0.491 e. The molecule has 0 spiro atoms. The Kier molecular flexibility index (Phi) is 9.51. The van der Waals surface area contributed by atoms with Gasteiger partial charge in [-0.2, -0.15) is 13.2 Å². The molecule has 1 aliphatic carbocycles. The van der Waals surface area contributed by atoms with Gasteiger partial charge in [0.2, 0.25) is 0 Å². The normalized spacial score (nSPS) is 25.3. The lowest BCUT2D eigenvalue weighted by Gasteiger charge is -2.40. The predicted molar refractivity (Wildman–Crippen MR) is 156 cm³/mol. The van der Waals surface area contributed by atoms with E-state index in [1.165, 1.54) is 12.1 Å². The quantitative estimate of drug-likeness (QED) is 0.162. The van der Waals surface area contributed by atoms with E-state index in [-0.39, 0.29) is 52.4 Å². The standard InChI is InChI=1S/C30H47F3O5Si2/c1-28(2,3)39(7,8)37-22(19-35-21-13-11-12-20(16-21)30(31,32)33)14-15-23-24-17-27(34)36-25(24)18-26(23)38-40(9,10)29(4,5)6/h11-16,22-26H,17-19H2,1-10H3/b15-14+/t22-,23-,24-,25+,26-/m1/s1. The smallest absolute Gasteiger partial charge is 0.416 e. The van der Waals surface area contributed by atoms with Gasteiger partial charge in [0.25, 0.3) is 0 Å². The van der Waals surface area contributed by atoms with Crippen LogP contribution in [0, 0.1) is 11.8 Å². The first-order chi connectivity index (χ1) is 18.1. The Labute approximate surface area is 240 Å². The highest BCUT2D eigenvalue weighted by molar-refractivity contribution is 6.74. The highest BCUT2D eigenvalue weighted by Gasteiger charge is 2.52. The molecule has 1 aliphatic heterocycles. The number of alkyl halides is 3. The SMILES string of the molecule is CC(C)(C)[Si](C)(C)O[C@H](/C=C/[C@@H]1[C@H]2CC(=O)O[C@H]2C[C@H]1O[Si](C)(C)C(C)(C)C)COc1cccc(C(F)(F)F)c1. The summed E-state index contributed by atoms with van der Waals surface area (Å²) < 4.78 is 64.8. The van der Waals surface area contributed by atoms with Gasteiger partial charge in [-0.3, -0.25) is 4.79 Å². The molecule has 0 bridgehead atoms. The fourth-order valence-corrected chi connectivity index (χ4v) is 7.34. The van der Waals surface area contributed by atoms with Gasteiger partial charge in [0, 0.05) is 18.3 Å². The van der Waals surface area contributed by atoms with Crippen LogP contribution in [0.2, 0.25) is 36.3 Å². The molecule has 0 N–H and O–H groups in total. The van der Waals surface area contributed by atoms with E-state index in [1.807, 2.05) is 6.08 Å². The third kappa shape index (κ3) is 7.80. The molecular weight excluding hydrogens is 553 g/mol. The minimum absolute atomic E-state index is 0.0245. The van der Waals surface area contributed by atoms with Gasteiger partial charge in [-0.15, -0.1) is 0 Å². The Balaban J connectivity index is 1.87. The van der Waals surface area contributed by atoms with Crippen LogP contribution in [-0.2, 0) is 24.6 Å². The fourth-order valence-electron chi connectivity index (χ4n) is 4.72. The lowest BCUT2D eigenvalue weighted by Crippen LogP contribution is -2.45. The molecule has 0 amide bonds. The number of rotatable bonds is 9. The average molecular weight is 601 g/mol. The van der Waals surface area contributed by atoms with Crippen molar-refractivity contribution in [2.45, 2.75) is 115 Å². The summed E-state index contributed by atoms with van der Waals surface area (Å²) in [4.78, 5) is 12.1. The van der Waals surface area contributed by atoms with Gasteiger partial charge in [-0.1, -0.05) is 59.8 Å². The van der Waals surface area contributed by atoms with Gasteiger partial charge >= 0.3 is 12.1 Å². The second-order valence-electron chi connectivity index (χ2n) is 14.3. The Hall–Kier alpha value is -1.63. The zero-order valence-corrected chi connectivity index (χ0v) is 27.6. The van der Waals surface area contributed by atoms with Crippen LogP contribution in [0.15, 0.2) is 36.4 Å². The number of esters is 1. The fraction of sp³-hybridized carbons (Fsp3) is 0.700. The van der Waals surface area contributed by atoms with Crippen molar-refractivity contribution in [2.24, 2.45) is 11.8 Å². The van der Waals surface area contributed by atoms with Crippen molar-refractivity contribution in [3.8, 4) is 5.75 Å². The van der Waals surface area contributed by atoms with Crippen molar-refractivity contribution in [3.63, 3.8) is 0 Å². The number of carbonyl (C=O) groups excluding carboxylic acids is 1. The second-order valence-corrected chi connectivity index (χ2v) is 23.8. The molecule has 1 aromatic carbocycles. The lowest BCUT2D eigenvalue weighted by molar-refractivity contribution is -0.142. The van der Waals surface area contributed by atoms with E-state index in [0.717, 1.165) is 12.1 Å². The molecule has 2 fully saturated rings. The van der Waals surface area contributed by atoms with Crippen molar-refractivity contribution >= 4 is 22.6 Å². The van der Waals surface area contributed by atoms with Crippen LogP contribution >= 0.6 is 0 Å². The van der Waals surface area contributed by atoms with Crippen LogP contribution < -0.4 is 4.74 Å². The maximum Gasteiger partial charge on any atom is 0.416 e. The first-order valence-electron chi connectivity index (χ1n) is 14.1. The molecule has 0 unspecified atom stereocenters. The summed E-state index contributed by atoms with van der Waals surface area (Å²) in [5, 5.41) is -0.0458. The van der Waals surface area contributed by atoms with Crippen LogP contribution in [0.5, 0.6) is 5.75 Å². The van der Waals surface area contributed by atoms with Crippen molar-refractivity contribution in [1.29, 1.82) is 0 Å². The summed E-state index contributed by atoms with van der Waals surface area (Å²) in [6.45, 7) is 21.8. The van der Waals surface area contributed by atoms with E-state index in [9.17, 15) is 18.0 Å². The first-order valence-corrected chi connectivity index (χ1v) is 20.0. The zero-order valence-electron chi connectivity index (χ0n) is 25.6. The van der Waals surface area contributed by atoms with Crippen molar-refractivity contribution < 1.29 is 36.3 Å². The van der Waals surface area contributed by atoms with E-state index >= 15 is 0 Å². The van der Waals surface area contributed by atoms with Crippen LogP contribution in [-0.4, -0.2) is 47.5 Å². The second kappa shape index (κ2) is 11.6. The molecule has 226 valence electrons. The molecule has 1 heterocycles. The van der Waals surface area contributed by atoms with Gasteiger partial charge in [0.1, 0.15) is 18.5 Å². The van der Waals surface area contributed by atoms with Crippen LogP contribution in [0.4, 0.5) is 13.2 Å². The predicted octanol–water partition coefficient (Wildman–Crippen LogP) is 8.37. The third-order valence-corrected chi connectivity index (χ3v) is 18.2. The molecule has 1 saturated carbocycles. The summed E-state index contributed by atoms with van der Waals surface area (Å²) >= 11 is 0. The Morgan fingerprint density at radius 1 is 1.02 bits per heavy atom. The number of fused-ring (bicyclic) bond motifs is 1. The van der Waals surface area contributed by atoms with Crippen LogP contribution in [0.1, 0.15) is 59.9 Å². The molecule has 0 aromatic heterocycles. The molecule has 0 radical (unpaired) electrons. The molecular formula is C30H47F3O5Si2. The number of hydrogen-bond acceptors (Lipinski definition) is 5. The molecule has 3 rings (SSSR count). The van der Waals surface area contributed by atoms with Gasteiger partial charge in [-0.25, -0.2) is 0 Å². The molecule has 1 aromatic rings. The van der Waals surface area contributed by atoms with E-state index in [1.54, 1.807) is 0 Å². The van der Waals surface area contributed by atoms with Crippen molar-refractivity contribution in [3.05, 3.63) is 42.0 Å². The molecule has 5 nitrogen and oxygen atoms in total. The first kappa shape index (κ1) is 32.9. The molecule has 2 aliphatic rings. The average Bonchev–Trinajstić information content (AvgIpc) is 3.28. The molecule has 1 saturated heterocycles. The summed E-state index contributed by atoms with van der Waals surface area (Å²) in [6.07, 6.45) is -0.131. The van der Waals surface area contributed by atoms with Crippen LogP contribution in [0.3, 0.4) is 0 Å². The van der Waals surface area contributed by atoms with Crippen molar-refractivity contribution in [2.75, 3.05) is 6.61 Å². The van der Waals surface area contributed by atoms with E-state index in [2.05, 4.69) is 73.8 Å². The highest BCUT2D eigenvalue weighted by Crippen LogP contribution is 2.47. The topological polar surface area (TPSA) is 54.0 Å². The maximum absolute atomic E-state index is 13.2. The molecule has 5 atom stereocenters. The van der Waals surface area contributed by atoms with Gasteiger partial charge in [-0.05, 0) is 54.5 Å². The maximum atomic E-state index is 13.2. The highest BCUT2D eigenvalue weighted by atomic mass is 28.4. The number of benzene rings is 1. The monoisotopic (exact) mass is 600 g/mol. The third-order valence-electron chi connectivity index (χ3n) is 9.18. The number of halogens is 3. The van der Waals surface area contributed by atoms with E-state index in [0.29, 0.717) is 12.8 Å². The van der Waals surface area contributed by atoms with Gasteiger partial charge in [0.15, 0.2) is 16.6 Å². The Morgan fingerprint density at radius 3 is 2.23 bits per heavy atom. The van der Waals surface area contributed by atoms with Gasteiger partial charge in [0.05, 0.1) is 24.2 Å². The zero-order chi connectivity index (χ0) is 30.3. The lowest BCUT2D eigenvalue weighted by atomic mass is 9.91. The minimum atomic E-state index is -4.45.